The first-order valence-electron chi connectivity index (χ1n) is 7.68. The lowest BCUT2D eigenvalue weighted by Gasteiger charge is -2.19. The topological polar surface area (TPSA) is 67.8 Å². The number of thioether (sulfide) groups is 1. The Bertz CT molecular complexity index is 732. The molecule has 2 aromatic rings. The molecule has 24 heavy (non-hydrogen) atoms. The maximum atomic E-state index is 12.3. The summed E-state index contributed by atoms with van der Waals surface area (Å²) < 4.78 is 10.7. The highest BCUT2D eigenvalue weighted by molar-refractivity contribution is 7.99. The van der Waals surface area contributed by atoms with E-state index in [0.717, 1.165) is 22.0 Å². The number of rotatable bonds is 4. The molecule has 0 unspecified atom stereocenters. The van der Waals surface area contributed by atoms with Crippen LogP contribution in [-0.4, -0.2) is 30.8 Å². The fourth-order valence-corrected chi connectivity index (χ4v) is 3.80. The van der Waals surface area contributed by atoms with Gasteiger partial charge in [0.25, 0.3) is 5.91 Å². The summed E-state index contributed by atoms with van der Waals surface area (Å²) >= 11 is 1.44. The SMILES string of the molecule is CCOc1ccc2c(c1)S[C@@H](c1ccc(OC)cc1)[C@@H](O)C(=O)N2. The van der Waals surface area contributed by atoms with Crippen LogP contribution in [0.5, 0.6) is 11.5 Å². The van der Waals surface area contributed by atoms with Crippen LogP contribution in [0.3, 0.4) is 0 Å². The summed E-state index contributed by atoms with van der Waals surface area (Å²) in [5.41, 5.74) is 1.54. The summed E-state index contributed by atoms with van der Waals surface area (Å²) in [6.45, 7) is 2.49. The van der Waals surface area contributed by atoms with E-state index >= 15 is 0 Å². The Labute approximate surface area is 145 Å². The molecule has 1 aliphatic rings. The van der Waals surface area contributed by atoms with Gasteiger partial charge in [0, 0.05) is 4.90 Å². The van der Waals surface area contributed by atoms with E-state index in [4.69, 9.17) is 9.47 Å². The third-order valence-electron chi connectivity index (χ3n) is 3.78. The average molecular weight is 345 g/mol. The summed E-state index contributed by atoms with van der Waals surface area (Å²) in [6, 6.07) is 12.9. The molecule has 2 atom stereocenters. The normalized spacial score (nSPS) is 19.9. The monoisotopic (exact) mass is 345 g/mol. The molecule has 0 bridgehead atoms. The molecule has 2 aromatic carbocycles. The number of carbonyl (C=O) groups is 1. The highest BCUT2D eigenvalue weighted by Crippen LogP contribution is 2.45. The summed E-state index contributed by atoms with van der Waals surface area (Å²) in [4.78, 5) is 13.1. The van der Waals surface area contributed by atoms with Gasteiger partial charge in [-0.25, -0.2) is 0 Å². The molecule has 5 nitrogen and oxygen atoms in total. The summed E-state index contributed by atoms with van der Waals surface area (Å²) in [7, 11) is 1.60. The maximum Gasteiger partial charge on any atom is 0.254 e. The molecule has 0 aliphatic carbocycles. The largest absolute Gasteiger partial charge is 0.497 e. The lowest BCUT2D eigenvalue weighted by Crippen LogP contribution is -2.30. The summed E-state index contributed by atoms with van der Waals surface area (Å²) in [5, 5.41) is 12.8. The van der Waals surface area contributed by atoms with Crippen molar-refractivity contribution >= 4 is 23.4 Å². The number of ether oxygens (including phenoxy) is 2. The van der Waals surface area contributed by atoms with Crippen LogP contribution < -0.4 is 14.8 Å². The standard InChI is InChI=1S/C18H19NO4S/c1-3-23-13-8-9-14-15(10-13)24-17(16(20)18(21)19-14)11-4-6-12(22-2)7-5-11/h4-10,16-17,20H,3H2,1-2H3,(H,19,21)/t16-,17+/m1/s1. The molecule has 3 rings (SSSR count). The Morgan fingerprint density at radius 3 is 2.54 bits per heavy atom. The van der Waals surface area contributed by atoms with Crippen molar-refractivity contribution < 1.29 is 19.4 Å². The second-order valence-electron chi connectivity index (χ2n) is 5.34. The summed E-state index contributed by atoms with van der Waals surface area (Å²) in [6.07, 6.45) is -1.15. The van der Waals surface area contributed by atoms with Crippen molar-refractivity contribution in [1.82, 2.24) is 0 Å². The predicted octanol–water partition coefficient (Wildman–Crippen LogP) is 3.24. The minimum Gasteiger partial charge on any atom is -0.497 e. The van der Waals surface area contributed by atoms with E-state index in [1.807, 2.05) is 43.3 Å². The van der Waals surface area contributed by atoms with E-state index in [2.05, 4.69) is 5.32 Å². The van der Waals surface area contributed by atoms with E-state index in [1.54, 1.807) is 13.2 Å². The van der Waals surface area contributed by atoms with Gasteiger partial charge in [0.15, 0.2) is 0 Å². The number of amides is 1. The van der Waals surface area contributed by atoms with Crippen molar-refractivity contribution in [1.29, 1.82) is 0 Å². The van der Waals surface area contributed by atoms with Crippen molar-refractivity contribution in [3.05, 3.63) is 48.0 Å². The van der Waals surface area contributed by atoms with Gasteiger partial charge in [0.05, 0.1) is 24.7 Å². The van der Waals surface area contributed by atoms with Gasteiger partial charge < -0.3 is 19.9 Å². The Kier molecular flexibility index (Phi) is 4.97. The Morgan fingerprint density at radius 2 is 1.88 bits per heavy atom. The van der Waals surface area contributed by atoms with E-state index in [1.165, 1.54) is 11.8 Å². The van der Waals surface area contributed by atoms with Gasteiger partial charge >= 0.3 is 0 Å². The Hall–Kier alpha value is -2.18. The number of hydrogen-bond donors (Lipinski definition) is 2. The van der Waals surface area contributed by atoms with E-state index < -0.39 is 17.3 Å². The fourth-order valence-electron chi connectivity index (χ4n) is 2.55. The third-order valence-corrected chi connectivity index (χ3v) is 5.15. The Morgan fingerprint density at radius 1 is 1.17 bits per heavy atom. The third kappa shape index (κ3) is 3.34. The zero-order valence-corrected chi connectivity index (χ0v) is 14.3. The van der Waals surface area contributed by atoms with Crippen LogP contribution in [0.4, 0.5) is 5.69 Å². The van der Waals surface area contributed by atoms with Gasteiger partial charge in [-0.2, -0.15) is 0 Å². The number of fused-ring (bicyclic) bond motifs is 1. The number of hydrogen-bond acceptors (Lipinski definition) is 5. The van der Waals surface area contributed by atoms with Crippen molar-refractivity contribution in [3.8, 4) is 11.5 Å². The molecular formula is C18H19NO4S. The van der Waals surface area contributed by atoms with Crippen LogP contribution in [0.2, 0.25) is 0 Å². The quantitative estimate of drug-likeness (QED) is 0.890. The lowest BCUT2D eigenvalue weighted by atomic mass is 10.1. The minimum atomic E-state index is -1.15. The van der Waals surface area contributed by atoms with Crippen molar-refractivity contribution in [2.24, 2.45) is 0 Å². The first kappa shape index (κ1) is 16.7. The second kappa shape index (κ2) is 7.15. The highest BCUT2D eigenvalue weighted by Gasteiger charge is 2.33. The van der Waals surface area contributed by atoms with Gasteiger partial charge in [-0.3, -0.25) is 4.79 Å². The zero-order chi connectivity index (χ0) is 17.1. The van der Waals surface area contributed by atoms with Gasteiger partial charge in [-0.15, -0.1) is 11.8 Å². The fraction of sp³-hybridized carbons (Fsp3) is 0.278. The molecule has 1 amide bonds. The Balaban J connectivity index is 1.96. The molecular weight excluding hydrogens is 326 g/mol. The van der Waals surface area contributed by atoms with Crippen LogP contribution in [0.1, 0.15) is 17.7 Å². The number of aliphatic hydroxyl groups excluding tert-OH is 1. The number of aliphatic hydroxyl groups is 1. The molecule has 0 saturated carbocycles. The number of methoxy groups -OCH3 is 1. The van der Waals surface area contributed by atoms with Crippen LogP contribution in [0.15, 0.2) is 47.4 Å². The van der Waals surface area contributed by atoms with E-state index in [-0.39, 0.29) is 0 Å². The van der Waals surface area contributed by atoms with Gasteiger partial charge in [-0.1, -0.05) is 12.1 Å². The molecule has 6 heteroatoms. The molecule has 1 heterocycles. The number of carbonyl (C=O) groups excluding carboxylic acids is 1. The van der Waals surface area contributed by atoms with Gasteiger partial charge in [0.2, 0.25) is 0 Å². The predicted molar refractivity (Wildman–Crippen MR) is 93.8 cm³/mol. The van der Waals surface area contributed by atoms with Crippen LogP contribution in [0, 0.1) is 0 Å². The van der Waals surface area contributed by atoms with Crippen LogP contribution in [-0.2, 0) is 4.79 Å². The van der Waals surface area contributed by atoms with Gasteiger partial charge in [0.1, 0.15) is 17.6 Å². The van der Waals surface area contributed by atoms with Crippen molar-refractivity contribution in [2.75, 3.05) is 19.0 Å². The first-order chi connectivity index (χ1) is 11.6. The van der Waals surface area contributed by atoms with E-state index in [0.29, 0.717) is 12.3 Å². The average Bonchev–Trinajstić information content (AvgIpc) is 2.72. The number of anilines is 1. The van der Waals surface area contributed by atoms with Crippen LogP contribution in [0.25, 0.3) is 0 Å². The molecule has 0 spiro atoms. The molecule has 0 saturated heterocycles. The van der Waals surface area contributed by atoms with Crippen molar-refractivity contribution in [3.63, 3.8) is 0 Å². The van der Waals surface area contributed by atoms with Crippen LogP contribution >= 0.6 is 11.8 Å². The van der Waals surface area contributed by atoms with Gasteiger partial charge in [-0.05, 0) is 42.8 Å². The zero-order valence-electron chi connectivity index (χ0n) is 13.5. The number of benzene rings is 2. The molecule has 0 fully saturated rings. The molecule has 2 N–H and O–H groups in total. The molecule has 126 valence electrons. The van der Waals surface area contributed by atoms with E-state index in [9.17, 15) is 9.90 Å². The summed E-state index contributed by atoms with van der Waals surface area (Å²) in [5.74, 6) is 1.06. The minimum absolute atomic E-state index is 0.408. The molecule has 1 aliphatic heterocycles. The first-order valence-corrected chi connectivity index (χ1v) is 8.56. The smallest absolute Gasteiger partial charge is 0.254 e. The number of nitrogens with one attached hydrogen (secondary N) is 1. The maximum absolute atomic E-state index is 12.3. The lowest BCUT2D eigenvalue weighted by molar-refractivity contribution is -0.124. The second-order valence-corrected chi connectivity index (χ2v) is 6.52. The molecule has 0 radical (unpaired) electrons. The molecule has 0 aromatic heterocycles. The highest BCUT2D eigenvalue weighted by atomic mass is 32.2. The van der Waals surface area contributed by atoms with Crippen molar-refractivity contribution in [2.45, 2.75) is 23.2 Å².